The van der Waals surface area contributed by atoms with Crippen LogP contribution in [-0.4, -0.2) is 35.1 Å². The molecule has 0 aromatic rings. The molecular formula is C14H26O3. The lowest BCUT2D eigenvalue weighted by molar-refractivity contribution is -0.136. The van der Waals surface area contributed by atoms with E-state index in [-0.39, 0.29) is 5.60 Å². The summed E-state index contributed by atoms with van der Waals surface area (Å²) in [6.45, 7) is 9.84. The molecule has 0 aromatic carbocycles. The number of hydrogen-bond donors (Lipinski definition) is 1. The highest BCUT2D eigenvalue weighted by atomic mass is 16.5. The molecular weight excluding hydrogens is 216 g/mol. The number of rotatable bonds is 2. The molecule has 2 heterocycles. The molecule has 100 valence electrons. The average molecular weight is 242 g/mol. The van der Waals surface area contributed by atoms with Crippen molar-refractivity contribution < 1.29 is 14.6 Å². The van der Waals surface area contributed by atoms with Gasteiger partial charge >= 0.3 is 0 Å². The molecule has 0 spiro atoms. The van der Waals surface area contributed by atoms with Gasteiger partial charge in [-0.1, -0.05) is 0 Å². The fraction of sp³-hybridized carbons (Fsp3) is 1.00. The van der Waals surface area contributed by atoms with Crippen LogP contribution in [0.4, 0.5) is 0 Å². The molecule has 2 aliphatic rings. The summed E-state index contributed by atoms with van der Waals surface area (Å²) in [5.41, 5.74) is -1.36. The first-order chi connectivity index (χ1) is 7.74. The first-order valence-corrected chi connectivity index (χ1v) is 6.74. The Balaban J connectivity index is 2.07. The maximum absolute atomic E-state index is 10.9. The van der Waals surface area contributed by atoms with Crippen molar-refractivity contribution >= 4 is 0 Å². The third-order valence-corrected chi connectivity index (χ3v) is 4.34. The highest BCUT2D eigenvalue weighted by Gasteiger charge is 2.56. The van der Waals surface area contributed by atoms with Gasteiger partial charge in [0.1, 0.15) is 0 Å². The highest BCUT2D eigenvalue weighted by Crippen LogP contribution is 2.48. The fourth-order valence-electron chi connectivity index (χ4n) is 3.48. The van der Waals surface area contributed by atoms with Crippen molar-refractivity contribution in [1.82, 2.24) is 0 Å². The van der Waals surface area contributed by atoms with Crippen molar-refractivity contribution in [2.45, 2.75) is 70.2 Å². The second kappa shape index (κ2) is 4.22. The second-order valence-corrected chi connectivity index (χ2v) is 6.84. The van der Waals surface area contributed by atoms with E-state index < -0.39 is 11.2 Å². The summed E-state index contributed by atoms with van der Waals surface area (Å²) in [4.78, 5) is 0. The maximum atomic E-state index is 10.9. The Kier molecular flexibility index (Phi) is 3.30. The Morgan fingerprint density at radius 2 is 1.71 bits per heavy atom. The van der Waals surface area contributed by atoms with E-state index in [2.05, 4.69) is 13.8 Å². The zero-order chi connectivity index (χ0) is 12.7. The fourth-order valence-corrected chi connectivity index (χ4v) is 3.48. The number of aliphatic hydroxyl groups is 1. The van der Waals surface area contributed by atoms with E-state index in [0.29, 0.717) is 5.92 Å². The minimum absolute atomic E-state index is 0.219. The Morgan fingerprint density at radius 3 is 2.18 bits per heavy atom. The molecule has 2 saturated heterocycles. The third kappa shape index (κ3) is 2.67. The van der Waals surface area contributed by atoms with Gasteiger partial charge in [-0.25, -0.2) is 0 Å². The molecule has 0 aliphatic carbocycles. The van der Waals surface area contributed by atoms with Gasteiger partial charge in [0.25, 0.3) is 0 Å². The molecule has 1 atom stereocenters. The van der Waals surface area contributed by atoms with Crippen LogP contribution in [-0.2, 0) is 9.47 Å². The van der Waals surface area contributed by atoms with E-state index in [1.54, 1.807) is 0 Å². The molecule has 1 unspecified atom stereocenters. The molecule has 0 aromatic heterocycles. The minimum atomic E-state index is -0.696. The number of ether oxygens (including phenoxy) is 2. The molecule has 1 N–H and O–H groups in total. The SMILES string of the molecule is CC1(C)CC(O)(CC2CCOCC2)C(C)(C)O1. The highest BCUT2D eigenvalue weighted by molar-refractivity contribution is 5.06. The predicted octanol–water partition coefficient (Wildman–Crippen LogP) is 2.51. The van der Waals surface area contributed by atoms with Crippen LogP contribution in [0.25, 0.3) is 0 Å². The van der Waals surface area contributed by atoms with Crippen LogP contribution in [0.5, 0.6) is 0 Å². The summed E-state index contributed by atoms with van der Waals surface area (Å²) in [6, 6.07) is 0. The van der Waals surface area contributed by atoms with Crippen molar-refractivity contribution in [3.63, 3.8) is 0 Å². The van der Waals surface area contributed by atoms with Gasteiger partial charge in [0.15, 0.2) is 0 Å². The average Bonchev–Trinajstić information content (AvgIpc) is 2.31. The maximum Gasteiger partial charge on any atom is 0.0960 e. The Hall–Kier alpha value is -0.120. The van der Waals surface area contributed by atoms with E-state index in [4.69, 9.17) is 9.47 Å². The first-order valence-electron chi connectivity index (χ1n) is 6.74. The standard InChI is InChI=1S/C14H26O3/c1-12(2)10-14(15,13(3,4)17-12)9-11-5-7-16-8-6-11/h11,15H,5-10H2,1-4H3. The molecule has 0 radical (unpaired) electrons. The van der Waals surface area contributed by atoms with E-state index in [1.165, 1.54) is 0 Å². The molecule has 2 fully saturated rings. The van der Waals surface area contributed by atoms with Gasteiger partial charge in [-0.3, -0.25) is 0 Å². The van der Waals surface area contributed by atoms with Crippen molar-refractivity contribution in [3.05, 3.63) is 0 Å². The topological polar surface area (TPSA) is 38.7 Å². The Bertz CT molecular complexity index is 279. The predicted molar refractivity (Wildman–Crippen MR) is 67.0 cm³/mol. The quantitative estimate of drug-likeness (QED) is 0.808. The summed E-state index contributed by atoms with van der Waals surface area (Å²) in [6.07, 6.45) is 3.70. The first kappa shape index (κ1) is 13.3. The van der Waals surface area contributed by atoms with Crippen molar-refractivity contribution in [1.29, 1.82) is 0 Å². The normalized spacial score (nSPS) is 37.2. The summed E-state index contributed by atoms with van der Waals surface area (Å²) in [7, 11) is 0. The van der Waals surface area contributed by atoms with E-state index in [9.17, 15) is 5.11 Å². The van der Waals surface area contributed by atoms with Gasteiger partial charge in [0.2, 0.25) is 0 Å². The molecule has 17 heavy (non-hydrogen) atoms. The van der Waals surface area contributed by atoms with Crippen LogP contribution in [0, 0.1) is 5.92 Å². The lowest BCUT2D eigenvalue weighted by Gasteiger charge is -2.38. The van der Waals surface area contributed by atoms with Crippen molar-refractivity contribution in [2.24, 2.45) is 5.92 Å². The summed E-state index contributed by atoms with van der Waals surface area (Å²) in [5, 5.41) is 10.9. The van der Waals surface area contributed by atoms with E-state index >= 15 is 0 Å². The van der Waals surface area contributed by atoms with Gasteiger partial charge in [-0.2, -0.15) is 0 Å². The largest absolute Gasteiger partial charge is 0.387 e. The van der Waals surface area contributed by atoms with Gasteiger partial charge in [0, 0.05) is 19.6 Å². The summed E-state index contributed by atoms with van der Waals surface area (Å²) >= 11 is 0. The van der Waals surface area contributed by atoms with Crippen LogP contribution < -0.4 is 0 Å². The molecule has 3 heteroatoms. The molecule has 3 nitrogen and oxygen atoms in total. The monoisotopic (exact) mass is 242 g/mol. The second-order valence-electron chi connectivity index (χ2n) is 6.84. The number of hydrogen-bond acceptors (Lipinski definition) is 3. The molecule has 2 aliphatic heterocycles. The van der Waals surface area contributed by atoms with Gasteiger partial charge in [-0.15, -0.1) is 0 Å². The van der Waals surface area contributed by atoms with E-state index in [1.807, 2.05) is 13.8 Å². The zero-order valence-corrected chi connectivity index (χ0v) is 11.6. The smallest absolute Gasteiger partial charge is 0.0960 e. The lowest BCUT2D eigenvalue weighted by Crippen LogP contribution is -2.48. The molecule has 0 bridgehead atoms. The van der Waals surface area contributed by atoms with Crippen LogP contribution in [0.1, 0.15) is 53.4 Å². The van der Waals surface area contributed by atoms with Crippen molar-refractivity contribution in [3.8, 4) is 0 Å². The zero-order valence-electron chi connectivity index (χ0n) is 11.6. The van der Waals surface area contributed by atoms with Crippen LogP contribution >= 0.6 is 0 Å². The third-order valence-electron chi connectivity index (χ3n) is 4.34. The summed E-state index contributed by atoms with van der Waals surface area (Å²) < 4.78 is 11.4. The van der Waals surface area contributed by atoms with Crippen molar-refractivity contribution in [2.75, 3.05) is 13.2 Å². The van der Waals surface area contributed by atoms with Crippen LogP contribution in [0.3, 0.4) is 0 Å². The molecule has 0 saturated carbocycles. The van der Waals surface area contributed by atoms with Crippen LogP contribution in [0.2, 0.25) is 0 Å². The Morgan fingerprint density at radius 1 is 1.12 bits per heavy atom. The molecule has 2 rings (SSSR count). The minimum Gasteiger partial charge on any atom is -0.387 e. The van der Waals surface area contributed by atoms with Gasteiger partial charge in [-0.05, 0) is 52.9 Å². The van der Waals surface area contributed by atoms with Gasteiger partial charge < -0.3 is 14.6 Å². The lowest BCUT2D eigenvalue weighted by atomic mass is 9.74. The Labute approximate surface area is 104 Å². The van der Waals surface area contributed by atoms with Gasteiger partial charge in [0.05, 0.1) is 16.8 Å². The summed E-state index contributed by atoms with van der Waals surface area (Å²) in [5.74, 6) is 0.575. The van der Waals surface area contributed by atoms with Crippen LogP contribution in [0.15, 0.2) is 0 Å². The molecule has 0 amide bonds. The van der Waals surface area contributed by atoms with E-state index in [0.717, 1.165) is 38.9 Å².